The van der Waals surface area contributed by atoms with Crippen molar-refractivity contribution in [2.45, 2.75) is 20.3 Å². The molecule has 2 atom stereocenters. The second kappa shape index (κ2) is 8.03. The highest BCUT2D eigenvalue weighted by molar-refractivity contribution is 6.33. The Bertz CT molecular complexity index is 852. The maximum absolute atomic E-state index is 13.5. The molecule has 1 N–H and O–H groups in total. The number of carbonyl (C=O) groups is 1. The first-order valence-corrected chi connectivity index (χ1v) is 9.52. The van der Waals surface area contributed by atoms with Crippen molar-refractivity contribution in [1.29, 1.82) is 0 Å². The van der Waals surface area contributed by atoms with Crippen molar-refractivity contribution in [1.82, 2.24) is 0 Å². The van der Waals surface area contributed by atoms with Crippen LogP contribution in [0.15, 0.2) is 30.3 Å². The molecule has 1 fully saturated rings. The molecule has 2 aromatic carbocycles. The number of hydrogen-bond acceptors (Lipinski definition) is 2. The topological polar surface area (TPSA) is 32.3 Å². The van der Waals surface area contributed by atoms with Crippen molar-refractivity contribution in [3.63, 3.8) is 0 Å². The fourth-order valence-corrected chi connectivity index (χ4v) is 3.65. The van der Waals surface area contributed by atoms with Crippen molar-refractivity contribution >= 4 is 40.5 Å². The van der Waals surface area contributed by atoms with E-state index in [0.29, 0.717) is 22.4 Å². The predicted molar refractivity (Wildman–Crippen MR) is 106 cm³/mol. The fraction of sp³-hybridized carbons (Fsp3) is 0.350. The van der Waals surface area contributed by atoms with E-state index in [1.54, 1.807) is 18.2 Å². The van der Waals surface area contributed by atoms with E-state index in [2.05, 4.69) is 24.1 Å². The van der Waals surface area contributed by atoms with Gasteiger partial charge in [0, 0.05) is 30.4 Å². The van der Waals surface area contributed by atoms with Crippen LogP contribution in [0.4, 0.5) is 20.2 Å². The summed E-state index contributed by atoms with van der Waals surface area (Å²) in [6, 6.07) is 7.05. The first-order valence-electron chi connectivity index (χ1n) is 8.76. The maximum atomic E-state index is 13.5. The van der Waals surface area contributed by atoms with Gasteiger partial charge >= 0.3 is 0 Å². The van der Waals surface area contributed by atoms with Crippen LogP contribution in [0.25, 0.3) is 0 Å². The number of hydrogen-bond donors (Lipinski definition) is 1. The number of nitrogens with one attached hydrogen (secondary N) is 1. The van der Waals surface area contributed by atoms with Gasteiger partial charge in [0.1, 0.15) is 0 Å². The van der Waals surface area contributed by atoms with Crippen LogP contribution in [-0.2, 0) is 0 Å². The third kappa shape index (κ3) is 4.36. The normalized spacial score (nSPS) is 19.9. The average Bonchev–Trinajstić information content (AvgIpc) is 2.62. The monoisotopic (exact) mass is 412 g/mol. The third-order valence-corrected chi connectivity index (χ3v) is 5.72. The molecule has 2 aromatic rings. The Morgan fingerprint density at radius 2 is 1.85 bits per heavy atom. The average molecular weight is 413 g/mol. The standard InChI is InChI=1S/C20H20Cl2F2N2O/c1-11-5-6-26(10-12(11)2)18-7-13(3-4-15(18)21)20(27)25-14-8-16(22)19(24)17(23)9-14/h3-4,7-9,11-12H,5-6,10H2,1-2H3,(H,25,27). The first-order chi connectivity index (χ1) is 12.8. The highest BCUT2D eigenvalue weighted by atomic mass is 35.5. The molecule has 27 heavy (non-hydrogen) atoms. The van der Waals surface area contributed by atoms with Gasteiger partial charge in [-0.3, -0.25) is 4.79 Å². The number of nitrogens with zero attached hydrogens (tertiary/aromatic N) is 1. The lowest BCUT2D eigenvalue weighted by atomic mass is 9.88. The van der Waals surface area contributed by atoms with Gasteiger partial charge in [-0.25, -0.2) is 8.78 Å². The molecule has 3 rings (SSSR count). The van der Waals surface area contributed by atoms with Gasteiger partial charge in [0.15, 0.2) is 11.6 Å². The van der Waals surface area contributed by atoms with Gasteiger partial charge in [0.25, 0.3) is 5.91 Å². The molecule has 1 aliphatic heterocycles. The molecule has 1 amide bonds. The van der Waals surface area contributed by atoms with Crippen molar-refractivity contribution < 1.29 is 13.6 Å². The molecule has 1 heterocycles. The number of rotatable bonds is 3. The summed E-state index contributed by atoms with van der Waals surface area (Å²) in [7, 11) is 0. The highest BCUT2D eigenvalue weighted by Crippen LogP contribution is 2.33. The summed E-state index contributed by atoms with van der Waals surface area (Å²) in [5.74, 6) is -1.54. The SMILES string of the molecule is CC1CCN(c2cc(C(=O)Nc3cc(F)c(F)c(Cl)c3)ccc2Cl)CC1C. The summed E-state index contributed by atoms with van der Waals surface area (Å²) in [5.41, 5.74) is 1.26. The molecular formula is C20H20Cl2F2N2O. The van der Waals surface area contributed by atoms with Gasteiger partial charge < -0.3 is 10.2 Å². The lowest BCUT2D eigenvalue weighted by molar-refractivity contribution is 0.102. The van der Waals surface area contributed by atoms with E-state index in [1.165, 1.54) is 6.07 Å². The van der Waals surface area contributed by atoms with E-state index in [0.717, 1.165) is 31.3 Å². The van der Waals surface area contributed by atoms with Gasteiger partial charge in [-0.1, -0.05) is 37.0 Å². The Kier molecular flexibility index (Phi) is 5.92. The number of anilines is 2. The fourth-order valence-electron chi connectivity index (χ4n) is 3.21. The summed E-state index contributed by atoms with van der Waals surface area (Å²) in [6.07, 6.45) is 1.06. The quantitative estimate of drug-likeness (QED) is 0.626. The zero-order chi connectivity index (χ0) is 19.7. The summed E-state index contributed by atoms with van der Waals surface area (Å²) in [4.78, 5) is 14.7. The molecule has 0 aromatic heterocycles. The molecule has 2 unspecified atom stereocenters. The number of amides is 1. The molecule has 0 aliphatic carbocycles. The Balaban J connectivity index is 1.82. The van der Waals surface area contributed by atoms with Crippen molar-refractivity contribution in [3.05, 3.63) is 57.6 Å². The second-order valence-electron chi connectivity index (χ2n) is 7.06. The Morgan fingerprint density at radius 3 is 2.52 bits per heavy atom. The number of halogens is 4. The van der Waals surface area contributed by atoms with Crippen LogP contribution in [-0.4, -0.2) is 19.0 Å². The van der Waals surface area contributed by atoms with Gasteiger partial charge in [0.05, 0.1) is 15.7 Å². The predicted octanol–water partition coefficient (Wildman–Crippen LogP) is 6.01. The molecule has 3 nitrogen and oxygen atoms in total. The lowest BCUT2D eigenvalue weighted by Crippen LogP contribution is -2.38. The molecule has 0 bridgehead atoms. The number of benzene rings is 2. The van der Waals surface area contributed by atoms with E-state index in [9.17, 15) is 13.6 Å². The smallest absolute Gasteiger partial charge is 0.255 e. The van der Waals surface area contributed by atoms with Crippen molar-refractivity contribution in [2.75, 3.05) is 23.3 Å². The molecule has 7 heteroatoms. The molecular weight excluding hydrogens is 393 g/mol. The van der Waals surface area contributed by atoms with E-state index in [1.807, 2.05) is 0 Å². The first kappa shape index (κ1) is 19.9. The van der Waals surface area contributed by atoms with Crippen LogP contribution in [0.5, 0.6) is 0 Å². The molecule has 1 aliphatic rings. The number of piperidine rings is 1. The highest BCUT2D eigenvalue weighted by Gasteiger charge is 2.24. The van der Waals surface area contributed by atoms with Crippen LogP contribution in [0.1, 0.15) is 30.6 Å². The third-order valence-electron chi connectivity index (χ3n) is 5.12. The zero-order valence-corrected chi connectivity index (χ0v) is 16.5. The molecule has 1 saturated heterocycles. The van der Waals surface area contributed by atoms with Crippen LogP contribution < -0.4 is 10.2 Å². The van der Waals surface area contributed by atoms with Gasteiger partial charge in [-0.15, -0.1) is 0 Å². The zero-order valence-electron chi connectivity index (χ0n) is 15.0. The minimum absolute atomic E-state index is 0.0841. The van der Waals surface area contributed by atoms with Crippen LogP contribution in [0.2, 0.25) is 10.0 Å². The van der Waals surface area contributed by atoms with Crippen molar-refractivity contribution in [2.24, 2.45) is 11.8 Å². The molecule has 0 radical (unpaired) electrons. The Hall–Kier alpha value is -1.85. The minimum Gasteiger partial charge on any atom is -0.370 e. The summed E-state index contributed by atoms with van der Waals surface area (Å²) >= 11 is 12.0. The van der Waals surface area contributed by atoms with Gasteiger partial charge in [-0.2, -0.15) is 0 Å². The van der Waals surface area contributed by atoms with Gasteiger partial charge in [0.2, 0.25) is 0 Å². The largest absolute Gasteiger partial charge is 0.370 e. The van der Waals surface area contributed by atoms with E-state index < -0.39 is 22.6 Å². The van der Waals surface area contributed by atoms with E-state index in [4.69, 9.17) is 23.2 Å². The second-order valence-corrected chi connectivity index (χ2v) is 7.88. The van der Waals surface area contributed by atoms with Crippen LogP contribution >= 0.6 is 23.2 Å². The Labute approximate surface area is 167 Å². The molecule has 144 valence electrons. The molecule has 0 saturated carbocycles. The summed E-state index contributed by atoms with van der Waals surface area (Å²) < 4.78 is 26.8. The van der Waals surface area contributed by atoms with Gasteiger partial charge in [-0.05, 0) is 42.5 Å². The number of carbonyl (C=O) groups excluding carboxylic acids is 1. The summed E-state index contributed by atoms with van der Waals surface area (Å²) in [5, 5.41) is 2.72. The van der Waals surface area contributed by atoms with E-state index in [-0.39, 0.29) is 5.69 Å². The maximum Gasteiger partial charge on any atom is 0.255 e. The summed E-state index contributed by atoms with van der Waals surface area (Å²) in [6.45, 7) is 6.17. The van der Waals surface area contributed by atoms with Crippen LogP contribution in [0, 0.1) is 23.5 Å². The Morgan fingerprint density at radius 1 is 1.11 bits per heavy atom. The lowest BCUT2D eigenvalue weighted by Gasteiger charge is -2.37. The van der Waals surface area contributed by atoms with E-state index >= 15 is 0 Å². The molecule has 0 spiro atoms. The minimum atomic E-state index is -1.14. The van der Waals surface area contributed by atoms with Crippen LogP contribution in [0.3, 0.4) is 0 Å². The van der Waals surface area contributed by atoms with Crippen molar-refractivity contribution in [3.8, 4) is 0 Å².